The molecule has 1 aromatic rings. The van der Waals surface area contributed by atoms with Crippen LogP contribution in [0.5, 0.6) is 0 Å². The molecule has 1 aromatic carbocycles. The van der Waals surface area contributed by atoms with Crippen molar-refractivity contribution in [1.82, 2.24) is 5.32 Å². The Hall–Kier alpha value is -2.04. The van der Waals surface area contributed by atoms with Gasteiger partial charge in [-0.1, -0.05) is 25.5 Å². The third-order valence-corrected chi connectivity index (χ3v) is 3.01. The average molecular weight is 264 g/mol. The maximum absolute atomic E-state index is 11.8. The number of amides is 2. The summed E-state index contributed by atoms with van der Waals surface area (Å²) in [5.74, 6) is -0.751. The molecular formula is C14H20N2O3. The number of urea groups is 1. The van der Waals surface area contributed by atoms with E-state index in [-0.39, 0.29) is 11.6 Å². The van der Waals surface area contributed by atoms with E-state index in [1.807, 2.05) is 20.8 Å². The lowest BCUT2D eigenvalue weighted by Crippen LogP contribution is -2.39. The second kappa shape index (κ2) is 6.22. The van der Waals surface area contributed by atoms with Crippen molar-refractivity contribution in [2.75, 3.05) is 5.32 Å². The normalized spacial score (nSPS) is 12.1. The summed E-state index contributed by atoms with van der Waals surface area (Å²) >= 11 is 0. The van der Waals surface area contributed by atoms with E-state index in [4.69, 9.17) is 5.11 Å². The van der Waals surface area contributed by atoms with Gasteiger partial charge in [0.1, 0.15) is 0 Å². The minimum atomic E-state index is -1.06. The van der Waals surface area contributed by atoms with Crippen LogP contribution in [0.25, 0.3) is 0 Å². The molecule has 0 aliphatic carbocycles. The van der Waals surface area contributed by atoms with Crippen LogP contribution in [-0.4, -0.2) is 23.1 Å². The van der Waals surface area contributed by atoms with Crippen molar-refractivity contribution in [3.63, 3.8) is 0 Å². The molecule has 1 rings (SSSR count). The number of carboxylic acids is 1. The number of aryl methyl sites for hydroxylation is 1. The van der Waals surface area contributed by atoms with Crippen LogP contribution in [0, 0.1) is 12.8 Å². The van der Waals surface area contributed by atoms with E-state index in [1.165, 1.54) is 6.07 Å². The molecule has 0 spiro atoms. The zero-order valence-corrected chi connectivity index (χ0v) is 11.7. The first kappa shape index (κ1) is 15.0. The standard InChI is InChI=1S/C14H20N2O3/c1-8(2)10(4)15-14(19)16-12-6-5-9(3)7-11(12)13(17)18/h5-8,10H,1-4H3,(H,17,18)(H2,15,16,19). The summed E-state index contributed by atoms with van der Waals surface area (Å²) in [4.78, 5) is 22.9. The number of hydrogen-bond acceptors (Lipinski definition) is 2. The summed E-state index contributed by atoms with van der Waals surface area (Å²) in [6, 6.07) is 4.50. The van der Waals surface area contributed by atoms with Gasteiger partial charge in [-0.3, -0.25) is 0 Å². The van der Waals surface area contributed by atoms with Crippen LogP contribution in [0.2, 0.25) is 0 Å². The van der Waals surface area contributed by atoms with Crippen molar-refractivity contribution >= 4 is 17.7 Å². The number of hydrogen-bond donors (Lipinski definition) is 3. The number of nitrogens with one attached hydrogen (secondary N) is 2. The maximum Gasteiger partial charge on any atom is 0.337 e. The largest absolute Gasteiger partial charge is 0.478 e. The molecule has 0 radical (unpaired) electrons. The summed E-state index contributed by atoms with van der Waals surface area (Å²) in [7, 11) is 0. The molecular weight excluding hydrogens is 244 g/mol. The fourth-order valence-corrected chi connectivity index (χ4v) is 1.48. The number of carbonyl (C=O) groups excluding carboxylic acids is 1. The minimum Gasteiger partial charge on any atom is -0.478 e. The van der Waals surface area contributed by atoms with Crippen molar-refractivity contribution in [2.24, 2.45) is 5.92 Å². The quantitative estimate of drug-likeness (QED) is 0.782. The minimum absolute atomic E-state index is 0.0127. The number of benzene rings is 1. The van der Waals surface area contributed by atoms with Crippen molar-refractivity contribution in [2.45, 2.75) is 33.7 Å². The lowest BCUT2D eigenvalue weighted by Gasteiger charge is -2.18. The molecule has 104 valence electrons. The first-order valence-corrected chi connectivity index (χ1v) is 6.22. The monoisotopic (exact) mass is 264 g/mol. The van der Waals surface area contributed by atoms with E-state index in [0.29, 0.717) is 11.6 Å². The van der Waals surface area contributed by atoms with Crippen LogP contribution < -0.4 is 10.6 Å². The highest BCUT2D eigenvalue weighted by Crippen LogP contribution is 2.17. The summed E-state index contributed by atoms with van der Waals surface area (Å²) < 4.78 is 0. The third-order valence-electron chi connectivity index (χ3n) is 3.01. The number of anilines is 1. The number of aromatic carboxylic acids is 1. The average Bonchev–Trinajstić information content (AvgIpc) is 2.30. The Labute approximate surface area is 113 Å². The van der Waals surface area contributed by atoms with E-state index in [2.05, 4.69) is 10.6 Å². The van der Waals surface area contributed by atoms with Gasteiger partial charge in [-0.05, 0) is 31.9 Å². The van der Waals surface area contributed by atoms with E-state index in [1.54, 1.807) is 19.1 Å². The van der Waals surface area contributed by atoms with Crippen LogP contribution in [0.1, 0.15) is 36.7 Å². The number of carboxylic acid groups (broad SMARTS) is 1. The zero-order valence-electron chi connectivity index (χ0n) is 11.7. The van der Waals surface area contributed by atoms with Crippen LogP contribution in [0.4, 0.5) is 10.5 Å². The van der Waals surface area contributed by atoms with E-state index in [0.717, 1.165) is 5.56 Å². The van der Waals surface area contributed by atoms with Gasteiger partial charge in [-0.15, -0.1) is 0 Å². The van der Waals surface area contributed by atoms with Gasteiger partial charge in [0.25, 0.3) is 0 Å². The fraction of sp³-hybridized carbons (Fsp3) is 0.429. The Kier molecular flexibility index (Phi) is 4.92. The lowest BCUT2D eigenvalue weighted by molar-refractivity contribution is 0.0698. The molecule has 0 saturated carbocycles. The van der Waals surface area contributed by atoms with Crippen molar-refractivity contribution in [3.8, 4) is 0 Å². The van der Waals surface area contributed by atoms with Crippen LogP contribution in [-0.2, 0) is 0 Å². The molecule has 1 unspecified atom stereocenters. The molecule has 2 amide bonds. The molecule has 0 saturated heterocycles. The van der Waals surface area contributed by atoms with Crippen molar-refractivity contribution in [1.29, 1.82) is 0 Å². The molecule has 0 aromatic heterocycles. The Morgan fingerprint density at radius 3 is 2.37 bits per heavy atom. The summed E-state index contributed by atoms with van der Waals surface area (Å²) in [5.41, 5.74) is 1.22. The molecule has 0 aliphatic heterocycles. The topological polar surface area (TPSA) is 78.4 Å². The highest BCUT2D eigenvalue weighted by molar-refractivity contribution is 6.00. The summed E-state index contributed by atoms with van der Waals surface area (Å²) in [6.07, 6.45) is 0. The van der Waals surface area contributed by atoms with E-state index >= 15 is 0 Å². The fourth-order valence-electron chi connectivity index (χ4n) is 1.48. The van der Waals surface area contributed by atoms with E-state index in [9.17, 15) is 9.59 Å². The molecule has 3 N–H and O–H groups in total. The van der Waals surface area contributed by atoms with Gasteiger partial charge in [0.05, 0.1) is 11.3 Å². The number of rotatable bonds is 4. The first-order valence-electron chi connectivity index (χ1n) is 6.22. The van der Waals surface area contributed by atoms with Gasteiger partial charge < -0.3 is 15.7 Å². The van der Waals surface area contributed by atoms with Crippen LogP contribution in [0.3, 0.4) is 0 Å². The van der Waals surface area contributed by atoms with Gasteiger partial charge in [-0.2, -0.15) is 0 Å². The zero-order chi connectivity index (χ0) is 14.6. The van der Waals surface area contributed by atoms with Gasteiger partial charge in [0.2, 0.25) is 0 Å². The van der Waals surface area contributed by atoms with E-state index < -0.39 is 12.0 Å². The highest BCUT2D eigenvalue weighted by Gasteiger charge is 2.15. The van der Waals surface area contributed by atoms with Crippen LogP contribution in [0.15, 0.2) is 18.2 Å². The second-order valence-corrected chi connectivity index (χ2v) is 4.99. The molecule has 1 atom stereocenters. The Bertz CT molecular complexity index is 484. The predicted molar refractivity (Wildman–Crippen MR) is 74.6 cm³/mol. The molecule has 0 aliphatic rings. The smallest absolute Gasteiger partial charge is 0.337 e. The first-order chi connectivity index (χ1) is 8.81. The number of carbonyl (C=O) groups is 2. The Morgan fingerprint density at radius 1 is 1.21 bits per heavy atom. The molecule has 5 heteroatoms. The lowest BCUT2D eigenvalue weighted by atomic mass is 10.1. The maximum atomic E-state index is 11.8. The van der Waals surface area contributed by atoms with Crippen molar-refractivity contribution < 1.29 is 14.7 Å². The second-order valence-electron chi connectivity index (χ2n) is 4.99. The molecule has 0 fully saturated rings. The molecule has 5 nitrogen and oxygen atoms in total. The van der Waals surface area contributed by atoms with Gasteiger partial charge in [-0.25, -0.2) is 9.59 Å². The predicted octanol–water partition coefficient (Wildman–Crippen LogP) is 2.86. The van der Waals surface area contributed by atoms with Crippen LogP contribution >= 0.6 is 0 Å². The molecule has 0 bridgehead atoms. The SMILES string of the molecule is Cc1ccc(NC(=O)NC(C)C(C)C)c(C(=O)O)c1. The van der Waals surface area contributed by atoms with Gasteiger partial charge in [0.15, 0.2) is 0 Å². The molecule has 0 heterocycles. The van der Waals surface area contributed by atoms with Gasteiger partial charge >= 0.3 is 12.0 Å². The van der Waals surface area contributed by atoms with Gasteiger partial charge in [0, 0.05) is 6.04 Å². The highest BCUT2D eigenvalue weighted by atomic mass is 16.4. The Balaban J connectivity index is 2.82. The van der Waals surface area contributed by atoms with Crippen molar-refractivity contribution in [3.05, 3.63) is 29.3 Å². The summed E-state index contributed by atoms with van der Waals surface area (Å²) in [5, 5.41) is 14.4. The summed E-state index contributed by atoms with van der Waals surface area (Å²) in [6.45, 7) is 7.70. The Morgan fingerprint density at radius 2 is 1.84 bits per heavy atom. The molecule has 19 heavy (non-hydrogen) atoms. The third kappa shape index (κ3) is 4.28.